The molecule has 0 bridgehead atoms. The Bertz CT molecular complexity index is 1600. The lowest BCUT2D eigenvalue weighted by molar-refractivity contribution is 1.29. The van der Waals surface area contributed by atoms with Gasteiger partial charge in [-0.1, -0.05) is 12.1 Å². The van der Waals surface area contributed by atoms with Gasteiger partial charge in [-0.25, -0.2) is 4.85 Å². The first kappa shape index (κ1) is 22.8. The fourth-order valence-corrected chi connectivity index (χ4v) is 8.85. The van der Waals surface area contributed by atoms with Crippen molar-refractivity contribution in [3.63, 3.8) is 0 Å². The lowest BCUT2D eigenvalue weighted by atomic mass is 10.2. The number of nitriles is 1. The van der Waals surface area contributed by atoms with Crippen LogP contribution in [0.15, 0.2) is 73.1 Å². The van der Waals surface area contributed by atoms with Crippen LogP contribution < -0.4 is 0 Å². The van der Waals surface area contributed by atoms with E-state index in [0.29, 0.717) is 5.69 Å². The van der Waals surface area contributed by atoms with Gasteiger partial charge in [0.15, 0.2) is 0 Å². The minimum Gasteiger partial charge on any atom is -0.255 e. The number of thiophene rings is 4. The molecule has 6 rings (SSSR count). The zero-order chi connectivity index (χ0) is 24.5. The molecule has 6 heterocycles. The summed E-state index contributed by atoms with van der Waals surface area (Å²) in [6, 6.07) is 22.5. The van der Waals surface area contributed by atoms with E-state index in [1.807, 2.05) is 48.5 Å². The van der Waals surface area contributed by atoms with Crippen LogP contribution >= 0.6 is 45.3 Å². The first-order valence-electron chi connectivity index (χ1n) is 11.1. The number of nitrogens with zero attached hydrogens (tertiary/aromatic N) is 4. The van der Waals surface area contributed by atoms with E-state index in [2.05, 4.69) is 33.0 Å². The number of fused-ring (bicyclic) bond motifs is 1. The van der Waals surface area contributed by atoms with Crippen molar-refractivity contribution < 1.29 is 0 Å². The molecule has 6 aromatic heterocycles. The second-order valence-electron chi connectivity index (χ2n) is 8.03. The van der Waals surface area contributed by atoms with Gasteiger partial charge in [0.1, 0.15) is 6.07 Å². The smallest absolute Gasteiger partial charge is 0.201 e. The van der Waals surface area contributed by atoms with Crippen LogP contribution in [0, 0.1) is 17.9 Å². The number of pyridine rings is 2. The van der Waals surface area contributed by atoms with Gasteiger partial charge in [0.2, 0.25) is 5.69 Å². The summed E-state index contributed by atoms with van der Waals surface area (Å²) in [5.41, 5.74) is 3.25. The molecule has 0 aliphatic carbocycles. The summed E-state index contributed by atoms with van der Waals surface area (Å²) in [6.07, 6.45) is 5.07. The summed E-state index contributed by atoms with van der Waals surface area (Å²) >= 11 is 6.87. The van der Waals surface area contributed by atoms with Crippen molar-refractivity contribution in [2.24, 2.45) is 0 Å². The first-order chi connectivity index (χ1) is 17.7. The molecular weight excluding hydrogens is 521 g/mol. The zero-order valence-corrected chi connectivity index (χ0v) is 22.0. The van der Waals surface area contributed by atoms with Gasteiger partial charge >= 0.3 is 0 Å². The van der Waals surface area contributed by atoms with E-state index in [-0.39, 0.29) is 0 Å². The maximum Gasteiger partial charge on any atom is 0.201 e. The van der Waals surface area contributed by atoms with E-state index in [1.165, 1.54) is 19.2 Å². The minimum absolute atomic E-state index is 0.712. The highest BCUT2D eigenvalue weighted by Crippen LogP contribution is 2.41. The molecule has 0 N–H and O–H groups in total. The number of hydrogen-bond donors (Lipinski definition) is 0. The molecule has 0 unspecified atom stereocenters. The molecular formula is C28H16N4S4. The second kappa shape index (κ2) is 9.77. The largest absolute Gasteiger partial charge is 0.255 e. The fourth-order valence-electron chi connectivity index (χ4n) is 3.99. The van der Waals surface area contributed by atoms with E-state index in [0.717, 1.165) is 49.3 Å². The summed E-state index contributed by atoms with van der Waals surface area (Å²) < 4.78 is 2.52. The van der Waals surface area contributed by atoms with Crippen LogP contribution in [0.2, 0.25) is 0 Å². The van der Waals surface area contributed by atoms with Crippen molar-refractivity contribution in [1.29, 1.82) is 5.26 Å². The Morgan fingerprint density at radius 1 is 0.750 bits per heavy atom. The van der Waals surface area contributed by atoms with Crippen LogP contribution in [0.4, 0.5) is 5.69 Å². The molecule has 0 atom stereocenters. The highest BCUT2D eigenvalue weighted by molar-refractivity contribution is 7.28. The lowest BCUT2D eigenvalue weighted by Crippen LogP contribution is -1.82. The fraction of sp³-hybridized carbons (Fsp3) is 0.0714. The van der Waals surface area contributed by atoms with E-state index >= 15 is 0 Å². The lowest BCUT2D eigenvalue weighted by Gasteiger charge is -1.97. The quantitative estimate of drug-likeness (QED) is 0.200. The van der Waals surface area contributed by atoms with Crippen molar-refractivity contribution >= 4 is 60.4 Å². The summed E-state index contributed by atoms with van der Waals surface area (Å²) in [4.78, 5) is 19.4. The highest BCUT2D eigenvalue weighted by atomic mass is 32.1. The molecule has 0 spiro atoms. The van der Waals surface area contributed by atoms with Crippen LogP contribution in [-0.2, 0) is 12.8 Å². The van der Waals surface area contributed by atoms with E-state index in [4.69, 9.17) is 6.57 Å². The molecule has 0 aliphatic rings. The van der Waals surface area contributed by atoms with Gasteiger partial charge in [0.05, 0.1) is 28.4 Å². The van der Waals surface area contributed by atoms with Gasteiger partial charge in [0, 0.05) is 59.0 Å². The van der Waals surface area contributed by atoms with Crippen LogP contribution in [0.3, 0.4) is 0 Å². The number of aromatic nitrogens is 2. The van der Waals surface area contributed by atoms with Crippen molar-refractivity contribution in [2.75, 3.05) is 0 Å². The Morgan fingerprint density at radius 3 is 1.89 bits per heavy atom. The first-order valence-corrected chi connectivity index (χ1v) is 14.3. The van der Waals surface area contributed by atoms with E-state index in [1.54, 1.807) is 57.7 Å². The van der Waals surface area contributed by atoms with Crippen molar-refractivity contribution in [2.45, 2.75) is 12.8 Å². The number of rotatable bonds is 6. The molecule has 36 heavy (non-hydrogen) atoms. The molecule has 4 nitrogen and oxygen atoms in total. The standard InChI is InChI=1S/C28H16N4S4/c1-30-22-15-26(21-7-3-5-9-32-21)36-25(22)12-19-14-28-27(34-19)13-18(33-28)11-23-17(16-29)10-24(35-23)20-6-2-4-8-31-20/h2-10,13-15H,11-12H2. The summed E-state index contributed by atoms with van der Waals surface area (Å²) in [5.74, 6) is 0. The van der Waals surface area contributed by atoms with Crippen molar-refractivity contribution in [1.82, 2.24) is 9.97 Å². The molecule has 172 valence electrons. The van der Waals surface area contributed by atoms with Crippen LogP contribution in [0.25, 0.3) is 35.4 Å². The second-order valence-corrected chi connectivity index (χ2v) is 12.6. The van der Waals surface area contributed by atoms with Gasteiger partial charge in [-0.3, -0.25) is 9.97 Å². The van der Waals surface area contributed by atoms with Gasteiger partial charge < -0.3 is 0 Å². The monoisotopic (exact) mass is 536 g/mol. The average molecular weight is 537 g/mol. The molecule has 0 aliphatic heterocycles. The van der Waals surface area contributed by atoms with Crippen LogP contribution in [-0.4, -0.2) is 9.97 Å². The Balaban J connectivity index is 1.23. The number of hydrogen-bond acceptors (Lipinski definition) is 7. The molecule has 8 heteroatoms. The molecule has 0 fully saturated rings. The Morgan fingerprint density at radius 2 is 1.33 bits per heavy atom. The highest BCUT2D eigenvalue weighted by Gasteiger charge is 2.16. The van der Waals surface area contributed by atoms with Crippen LogP contribution in [0.5, 0.6) is 0 Å². The Hall–Kier alpha value is -3.66. The molecule has 6 aromatic rings. The SMILES string of the molecule is [C-]#[N+]c1cc(-c2ccccn2)sc1Cc1cc2sc(Cc3sc(-c4ccccn4)cc3C#N)cc2s1. The normalized spacial score (nSPS) is 10.9. The maximum atomic E-state index is 9.67. The Kier molecular flexibility index (Phi) is 6.18. The predicted molar refractivity (Wildman–Crippen MR) is 151 cm³/mol. The Labute approximate surface area is 224 Å². The third-order valence-electron chi connectivity index (χ3n) is 5.65. The molecule has 0 amide bonds. The third kappa shape index (κ3) is 4.48. The van der Waals surface area contributed by atoms with E-state index in [9.17, 15) is 5.26 Å². The van der Waals surface area contributed by atoms with E-state index < -0.39 is 0 Å². The topological polar surface area (TPSA) is 53.9 Å². The zero-order valence-electron chi connectivity index (χ0n) is 18.8. The van der Waals surface area contributed by atoms with Gasteiger partial charge in [-0.05, 0) is 48.5 Å². The van der Waals surface area contributed by atoms with Gasteiger partial charge in [0.25, 0.3) is 0 Å². The third-order valence-corrected chi connectivity index (χ3v) is 10.2. The molecule has 0 saturated carbocycles. The molecule has 0 radical (unpaired) electrons. The van der Waals surface area contributed by atoms with Crippen molar-refractivity contribution in [3.8, 4) is 27.2 Å². The van der Waals surface area contributed by atoms with Gasteiger partial charge in [-0.15, -0.1) is 34.0 Å². The molecule has 0 saturated heterocycles. The van der Waals surface area contributed by atoms with Gasteiger partial charge in [-0.2, -0.15) is 16.6 Å². The summed E-state index contributed by atoms with van der Waals surface area (Å²) in [6.45, 7) is 7.62. The van der Waals surface area contributed by atoms with Crippen LogP contribution in [0.1, 0.15) is 25.1 Å². The maximum absolute atomic E-state index is 9.67. The minimum atomic E-state index is 0.712. The molecule has 0 aromatic carbocycles. The van der Waals surface area contributed by atoms with Crippen molar-refractivity contribution in [3.05, 3.63) is 110 Å². The summed E-state index contributed by atoms with van der Waals surface area (Å²) in [5, 5.41) is 9.67. The predicted octanol–water partition coefficient (Wildman–Crippen LogP) is 8.81. The average Bonchev–Trinajstić information content (AvgIpc) is 3.68. The summed E-state index contributed by atoms with van der Waals surface area (Å²) in [7, 11) is 0.